The molecule has 1 aliphatic rings. The fraction of sp³-hybridized carbons (Fsp3) is 0.750. The van der Waals surface area contributed by atoms with Crippen LogP contribution in [0.15, 0.2) is 0 Å². The van der Waals surface area contributed by atoms with Crippen molar-refractivity contribution in [3.63, 3.8) is 0 Å². The summed E-state index contributed by atoms with van der Waals surface area (Å²) < 4.78 is 0. The van der Waals surface area contributed by atoms with Gasteiger partial charge < -0.3 is 13.8 Å². The normalized spacial score (nSPS) is 31.8. The van der Waals surface area contributed by atoms with Gasteiger partial charge in [0.15, 0.2) is 0 Å². The Labute approximate surface area is 90.7 Å². The average molecular weight is 345 g/mol. The van der Waals surface area contributed by atoms with Crippen LogP contribution in [0.2, 0.25) is 0 Å². The first-order valence-electron chi connectivity index (χ1n) is 3.45. The van der Waals surface area contributed by atoms with Crippen LogP contribution in [0.5, 0.6) is 0 Å². The minimum Gasteiger partial charge on any atom is -0.340 e. The Morgan fingerprint density at radius 2 is 1.00 bits per heavy atom. The first kappa shape index (κ1) is 13.8. The minimum absolute atomic E-state index is 0. The quantitative estimate of drug-likeness (QED) is 0.592. The smallest absolute Gasteiger partial charge is 0 e. The van der Waals surface area contributed by atoms with E-state index in [1.807, 2.05) is 0 Å². The van der Waals surface area contributed by atoms with Crippen molar-refractivity contribution in [1.29, 1.82) is 0 Å². The molecule has 0 spiro atoms. The van der Waals surface area contributed by atoms with E-state index in [9.17, 15) is 0 Å². The Morgan fingerprint density at radius 3 is 1.20 bits per heavy atom. The van der Waals surface area contributed by atoms with Gasteiger partial charge in [0.1, 0.15) is 0 Å². The molecule has 2 heteroatoms. The molecule has 0 N–H and O–H groups in total. The van der Waals surface area contributed by atoms with E-state index in [0.29, 0.717) is 0 Å². The van der Waals surface area contributed by atoms with Crippen LogP contribution >= 0.6 is 0 Å². The third kappa shape index (κ3) is 4.99. The fourth-order valence-corrected chi connectivity index (χ4v) is 1.23. The van der Waals surface area contributed by atoms with Crippen LogP contribution in [0.3, 0.4) is 0 Å². The van der Waals surface area contributed by atoms with Gasteiger partial charge in [-0.15, -0.1) is 0 Å². The summed E-state index contributed by atoms with van der Waals surface area (Å²) in [6.07, 6.45) is 5.20. The van der Waals surface area contributed by atoms with Crippen LogP contribution < -0.4 is 0 Å². The molecule has 1 rings (SSSR count). The van der Waals surface area contributed by atoms with Crippen LogP contribution in [0.4, 0.5) is 0 Å². The van der Waals surface area contributed by atoms with E-state index < -0.39 is 0 Å². The minimum atomic E-state index is 0. The predicted octanol–water partition coefficient (Wildman–Crippen LogP) is 2.46. The first-order valence-corrected chi connectivity index (χ1v) is 3.45. The van der Waals surface area contributed by atoms with Crippen molar-refractivity contribution in [2.75, 3.05) is 0 Å². The standard InChI is InChI=1S/C8H14.V.W/c1-7-3-5-8(2)6-4-7;;/h7-8H,1-6H2;;/q-2;;. The maximum Gasteiger partial charge on any atom is 0 e. The van der Waals surface area contributed by atoms with E-state index in [-0.39, 0.29) is 39.6 Å². The molecule has 0 amide bonds. The Hall–Kier alpha value is 1.27. The molecule has 0 aromatic carbocycles. The summed E-state index contributed by atoms with van der Waals surface area (Å²) in [5.41, 5.74) is 0. The molecule has 1 aliphatic carbocycles. The summed E-state index contributed by atoms with van der Waals surface area (Å²) in [5.74, 6) is 1.46. The van der Waals surface area contributed by atoms with Gasteiger partial charge in [0.2, 0.25) is 0 Å². The van der Waals surface area contributed by atoms with Gasteiger partial charge in [-0.1, -0.05) is 25.7 Å². The van der Waals surface area contributed by atoms with Crippen molar-refractivity contribution >= 4 is 0 Å². The second-order valence-electron chi connectivity index (χ2n) is 2.89. The molecular weight excluding hydrogens is 331 g/mol. The topological polar surface area (TPSA) is 0 Å². The Bertz CT molecular complexity index is 57.7. The summed E-state index contributed by atoms with van der Waals surface area (Å²) in [7, 11) is 0. The second-order valence-corrected chi connectivity index (χ2v) is 2.89. The summed E-state index contributed by atoms with van der Waals surface area (Å²) in [5, 5.41) is 0. The molecule has 1 radical (unpaired) electrons. The van der Waals surface area contributed by atoms with Crippen LogP contribution in [0.25, 0.3) is 0 Å². The van der Waals surface area contributed by atoms with Crippen LogP contribution in [0.1, 0.15) is 25.7 Å². The van der Waals surface area contributed by atoms with Crippen LogP contribution in [-0.4, -0.2) is 0 Å². The summed E-state index contributed by atoms with van der Waals surface area (Å²) in [6, 6.07) is 0. The molecule has 0 heterocycles. The molecule has 1 saturated carbocycles. The zero-order chi connectivity index (χ0) is 5.98. The van der Waals surface area contributed by atoms with Gasteiger partial charge in [-0.25, -0.2) is 0 Å². The summed E-state index contributed by atoms with van der Waals surface area (Å²) in [4.78, 5) is 0. The average Bonchev–Trinajstić information content (AvgIpc) is 1.77. The molecule has 0 unspecified atom stereocenters. The van der Waals surface area contributed by atoms with E-state index in [0.717, 1.165) is 11.8 Å². The third-order valence-corrected chi connectivity index (χ3v) is 1.97. The van der Waals surface area contributed by atoms with Gasteiger partial charge in [-0.3, -0.25) is 0 Å². The second kappa shape index (κ2) is 6.95. The Kier molecular flexibility index (Phi) is 9.62. The molecule has 10 heavy (non-hydrogen) atoms. The van der Waals surface area contributed by atoms with Gasteiger partial charge in [0, 0.05) is 39.6 Å². The number of rotatable bonds is 0. The van der Waals surface area contributed by atoms with Crippen molar-refractivity contribution in [3.8, 4) is 0 Å². The van der Waals surface area contributed by atoms with Crippen molar-refractivity contribution in [2.45, 2.75) is 25.7 Å². The zero-order valence-corrected chi connectivity index (χ0v) is 10.6. The van der Waals surface area contributed by atoms with Gasteiger partial charge in [0.25, 0.3) is 0 Å². The predicted molar refractivity (Wildman–Crippen MR) is 36.2 cm³/mol. The zero-order valence-electron chi connectivity index (χ0n) is 6.25. The van der Waals surface area contributed by atoms with E-state index in [1.54, 1.807) is 0 Å². The first-order chi connectivity index (χ1) is 3.79. The number of hydrogen-bond acceptors (Lipinski definition) is 0. The van der Waals surface area contributed by atoms with Crippen molar-refractivity contribution < 1.29 is 39.6 Å². The van der Waals surface area contributed by atoms with Crippen molar-refractivity contribution in [2.24, 2.45) is 11.8 Å². The van der Waals surface area contributed by atoms with Gasteiger partial charge in [-0.05, 0) is 0 Å². The number of hydrogen-bond donors (Lipinski definition) is 0. The van der Waals surface area contributed by atoms with E-state index >= 15 is 0 Å². The molecule has 0 aromatic heterocycles. The van der Waals surface area contributed by atoms with Gasteiger partial charge in [-0.2, -0.15) is 11.8 Å². The molecule has 59 valence electrons. The van der Waals surface area contributed by atoms with Gasteiger partial charge in [0.05, 0.1) is 0 Å². The Balaban J connectivity index is 0. The molecule has 0 aliphatic heterocycles. The maximum absolute atomic E-state index is 4.00. The molecule has 0 atom stereocenters. The molecule has 0 nitrogen and oxygen atoms in total. The Morgan fingerprint density at radius 1 is 0.800 bits per heavy atom. The largest absolute Gasteiger partial charge is 0.340 e. The van der Waals surface area contributed by atoms with E-state index in [1.165, 1.54) is 25.7 Å². The van der Waals surface area contributed by atoms with E-state index in [2.05, 4.69) is 13.8 Å². The molecule has 0 aromatic rings. The molecule has 1 fully saturated rings. The molecule has 0 bridgehead atoms. The van der Waals surface area contributed by atoms with Crippen LogP contribution in [-0.2, 0) is 39.6 Å². The van der Waals surface area contributed by atoms with Crippen LogP contribution in [0, 0.1) is 25.7 Å². The summed E-state index contributed by atoms with van der Waals surface area (Å²) in [6.45, 7) is 8.01. The monoisotopic (exact) mass is 345 g/mol. The third-order valence-electron chi connectivity index (χ3n) is 1.97. The SMILES string of the molecule is [CH2-]C1CCC([CH2-])CC1.[V].[W]. The maximum atomic E-state index is 4.00. The van der Waals surface area contributed by atoms with Crippen molar-refractivity contribution in [3.05, 3.63) is 13.8 Å². The van der Waals surface area contributed by atoms with E-state index in [4.69, 9.17) is 0 Å². The molecule has 0 saturated heterocycles. The van der Waals surface area contributed by atoms with Gasteiger partial charge >= 0.3 is 0 Å². The summed E-state index contributed by atoms with van der Waals surface area (Å²) >= 11 is 0. The fourth-order valence-electron chi connectivity index (χ4n) is 1.23. The van der Waals surface area contributed by atoms with Crippen molar-refractivity contribution in [1.82, 2.24) is 0 Å². The molecular formula is C8H14VW-2.